The normalized spacial score (nSPS) is 10.5. The highest BCUT2D eigenvalue weighted by molar-refractivity contribution is 5.71. The quantitative estimate of drug-likeness (QED) is 0.562. The van der Waals surface area contributed by atoms with Crippen molar-refractivity contribution in [3.8, 4) is 0 Å². The summed E-state index contributed by atoms with van der Waals surface area (Å²) >= 11 is 0. The van der Waals surface area contributed by atoms with E-state index in [-0.39, 0.29) is 5.65 Å². The van der Waals surface area contributed by atoms with Crippen LogP contribution in [0.4, 0.5) is 0 Å². The molecule has 0 radical (unpaired) electrons. The van der Waals surface area contributed by atoms with Crippen molar-refractivity contribution in [2.75, 3.05) is 0 Å². The lowest BCUT2D eigenvalue weighted by Crippen LogP contribution is -2.21. The lowest BCUT2D eigenvalue weighted by atomic mass is 10.4. The second kappa shape index (κ2) is 2.51. The van der Waals surface area contributed by atoms with E-state index in [0.29, 0.717) is 5.39 Å². The van der Waals surface area contributed by atoms with E-state index >= 15 is 0 Å². The molecule has 0 saturated heterocycles. The predicted octanol–water partition coefficient (Wildman–Crippen LogP) is -0.983. The summed E-state index contributed by atoms with van der Waals surface area (Å²) in [6.45, 7) is 0. The smallest absolute Gasteiger partial charge is 0.301 e. The Morgan fingerprint density at radius 1 is 1.46 bits per heavy atom. The number of rotatable bonds is 0. The zero-order chi connectivity index (χ0) is 9.42. The summed E-state index contributed by atoms with van der Waals surface area (Å²) in [6.07, 6.45) is 2.94. The number of hydrogen-bond acceptors (Lipinski definition) is 4. The molecule has 0 fully saturated rings. The predicted molar refractivity (Wildman–Crippen MR) is 45.4 cm³/mol. The molecule has 0 spiro atoms. The van der Waals surface area contributed by atoms with Gasteiger partial charge in [-0.1, -0.05) is 0 Å². The Morgan fingerprint density at radius 3 is 3.00 bits per heavy atom. The van der Waals surface area contributed by atoms with Gasteiger partial charge in [0.15, 0.2) is 0 Å². The van der Waals surface area contributed by atoms with Crippen LogP contribution < -0.4 is 11.4 Å². The van der Waals surface area contributed by atoms with Crippen molar-refractivity contribution < 1.29 is 0 Å². The maximum absolute atomic E-state index is 11.1. The van der Waals surface area contributed by atoms with Gasteiger partial charge in [-0.15, -0.1) is 0 Å². The van der Waals surface area contributed by atoms with Crippen molar-refractivity contribution >= 4 is 11.0 Å². The molecule has 0 aliphatic carbocycles. The van der Waals surface area contributed by atoms with Crippen LogP contribution in [-0.4, -0.2) is 19.5 Å². The van der Waals surface area contributed by atoms with E-state index in [0.717, 1.165) is 0 Å². The number of hydrogen-bond donors (Lipinski definition) is 1. The second-order valence-corrected chi connectivity index (χ2v) is 2.63. The number of aryl methyl sites for hydroxylation is 1. The van der Waals surface area contributed by atoms with Gasteiger partial charge in [0.1, 0.15) is 5.65 Å². The average Bonchev–Trinajstić information content (AvgIpc) is 2.08. The number of fused-ring (bicyclic) bond motifs is 1. The molecule has 0 atom stereocenters. The number of nitrogens with one attached hydrogen (secondary N) is 1. The molecule has 0 aliphatic heterocycles. The lowest BCUT2D eigenvalue weighted by Gasteiger charge is -1.97. The molecule has 2 aromatic rings. The van der Waals surface area contributed by atoms with Gasteiger partial charge in [-0.05, 0) is 0 Å². The van der Waals surface area contributed by atoms with Crippen molar-refractivity contribution in [3.05, 3.63) is 33.4 Å². The first-order chi connectivity index (χ1) is 6.16. The largest absolute Gasteiger partial charge is 0.349 e. The maximum Gasteiger partial charge on any atom is 0.349 e. The van der Waals surface area contributed by atoms with Crippen molar-refractivity contribution in [2.24, 2.45) is 7.05 Å². The Balaban J connectivity index is 2.97. The summed E-state index contributed by atoms with van der Waals surface area (Å²) < 4.78 is 1.32. The van der Waals surface area contributed by atoms with Crippen LogP contribution in [0.25, 0.3) is 11.0 Å². The van der Waals surface area contributed by atoms with Crippen LogP contribution in [0.1, 0.15) is 0 Å². The zero-order valence-corrected chi connectivity index (χ0v) is 6.81. The molecule has 13 heavy (non-hydrogen) atoms. The molecule has 0 amide bonds. The molecule has 1 N–H and O–H groups in total. The van der Waals surface area contributed by atoms with Crippen molar-refractivity contribution in [3.63, 3.8) is 0 Å². The number of aromatic amines is 1. The molecule has 2 rings (SSSR count). The maximum atomic E-state index is 11.1. The fourth-order valence-corrected chi connectivity index (χ4v) is 1.02. The topological polar surface area (TPSA) is 80.6 Å². The Bertz CT molecular complexity index is 568. The molecule has 0 unspecified atom stereocenters. The summed E-state index contributed by atoms with van der Waals surface area (Å²) in [4.78, 5) is 31.3. The summed E-state index contributed by atoms with van der Waals surface area (Å²) in [6, 6.07) is 0. The Kier molecular flexibility index (Phi) is 1.48. The first-order valence-electron chi connectivity index (χ1n) is 3.59. The third-order valence-electron chi connectivity index (χ3n) is 1.66. The van der Waals surface area contributed by atoms with Crippen molar-refractivity contribution in [1.82, 2.24) is 19.5 Å². The van der Waals surface area contributed by atoms with Gasteiger partial charge in [-0.2, -0.15) is 4.98 Å². The van der Waals surface area contributed by atoms with Crippen molar-refractivity contribution in [2.45, 2.75) is 0 Å². The van der Waals surface area contributed by atoms with E-state index in [9.17, 15) is 9.59 Å². The van der Waals surface area contributed by atoms with Gasteiger partial charge in [0.25, 0.3) is 0 Å². The van der Waals surface area contributed by atoms with Gasteiger partial charge in [0.2, 0.25) is 0 Å². The minimum absolute atomic E-state index is 0.267. The summed E-state index contributed by atoms with van der Waals surface area (Å²) in [5, 5.41) is 0.627. The van der Waals surface area contributed by atoms with Gasteiger partial charge >= 0.3 is 11.4 Å². The van der Waals surface area contributed by atoms with Gasteiger partial charge in [-0.25, -0.2) is 14.6 Å². The highest BCUT2D eigenvalue weighted by atomic mass is 16.1. The van der Waals surface area contributed by atoms with Crippen LogP contribution in [0.15, 0.2) is 22.0 Å². The monoisotopic (exact) mass is 178 g/mol. The number of H-pyrrole nitrogens is 1. The van der Waals surface area contributed by atoms with E-state index in [1.165, 1.54) is 10.8 Å². The molecule has 0 saturated carbocycles. The lowest BCUT2D eigenvalue weighted by molar-refractivity contribution is 0.820. The number of aromatic nitrogens is 4. The zero-order valence-electron chi connectivity index (χ0n) is 6.81. The van der Waals surface area contributed by atoms with E-state index in [2.05, 4.69) is 15.0 Å². The molecular weight excluding hydrogens is 172 g/mol. The molecule has 2 heterocycles. The second-order valence-electron chi connectivity index (χ2n) is 2.63. The molecule has 0 bridgehead atoms. The SMILES string of the molecule is Cn1cc2cnc(=O)[nH]c2nc1=O. The molecule has 0 aliphatic rings. The third kappa shape index (κ3) is 1.22. The Hall–Kier alpha value is -1.98. The first kappa shape index (κ1) is 7.66. The highest BCUT2D eigenvalue weighted by Crippen LogP contribution is 1.98. The summed E-state index contributed by atoms with van der Waals surface area (Å²) in [5.41, 5.74) is -0.647. The van der Waals surface area contributed by atoms with Gasteiger partial charge in [-0.3, -0.25) is 4.98 Å². The fourth-order valence-electron chi connectivity index (χ4n) is 1.02. The fraction of sp³-hybridized carbons (Fsp3) is 0.143. The van der Waals surface area contributed by atoms with Gasteiger partial charge < -0.3 is 4.57 Å². The van der Waals surface area contributed by atoms with Crippen LogP contribution in [0.2, 0.25) is 0 Å². The van der Waals surface area contributed by atoms with Gasteiger partial charge in [0.05, 0.1) is 5.39 Å². The van der Waals surface area contributed by atoms with E-state index < -0.39 is 11.4 Å². The van der Waals surface area contributed by atoms with Crippen molar-refractivity contribution in [1.29, 1.82) is 0 Å². The molecular formula is C7H6N4O2. The summed E-state index contributed by atoms with van der Waals surface area (Å²) in [5.74, 6) is 0. The molecule has 2 aromatic heterocycles. The molecule has 6 nitrogen and oxygen atoms in total. The molecule has 66 valence electrons. The Morgan fingerprint density at radius 2 is 2.23 bits per heavy atom. The minimum atomic E-state index is -0.506. The van der Waals surface area contributed by atoms with Crippen LogP contribution in [0.3, 0.4) is 0 Å². The molecule has 0 aromatic carbocycles. The van der Waals surface area contributed by atoms with E-state index in [1.807, 2.05) is 0 Å². The van der Waals surface area contributed by atoms with Crippen LogP contribution in [0, 0.1) is 0 Å². The van der Waals surface area contributed by atoms with Crippen LogP contribution in [-0.2, 0) is 7.05 Å². The minimum Gasteiger partial charge on any atom is -0.301 e. The number of nitrogens with zero attached hydrogens (tertiary/aromatic N) is 3. The standard InChI is InChI=1S/C7H6N4O2/c1-11-3-4-2-8-6(12)9-5(4)10-7(11)13/h2-3H,1H3,(H,9,10,12,13). The third-order valence-corrected chi connectivity index (χ3v) is 1.66. The first-order valence-corrected chi connectivity index (χ1v) is 3.59. The summed E-state index contributed by atoms with van der Waals surface area (Å²) in [7, 11) is 1.58. The van der Waals surface area contributed by atoms with Crippen LogP contribution in [0.5, 0.6) is 0 Å². The van der Waals surface area contributed by atoms with Crippen LogP contribution >= 0.6 is 0 Å². The average molecular weight is 178 g/mol. The molecule has 6 heteroatoms. The van der Waals surface area contributed by atoms with E-state index in [4.69, 9.17) is 0 Å². The van der Waals surface area contributed by atoms with Gasteiger partial charge in [0, 0.05) is 19.4 Å². The van der Waals surface area contributed by atoms with E-state index in [1.54, 1.807) is 13.2 Å². The highest BCUT2D eigenvalue weighted by Gasteiger charge is 1.98. The Labute approximate surface area is 71.9 Å².